The smallest absolute Gasteiger partial charge is 0.325 e. The van der Waals surface area contributed by atoms with E-state index >= 15 is 0 Å². The molecule has 124 valence electrons. The maximum absolute atomic E-state index is 12.9. The van der Waals surface area contributed by atoms with E-state index in [-0.39, 0.29) is 11.9 Å². The van der Waals surface area contributed by atoms with Gasteiger partial charge in [0.15, 0.2) is 0 Å². The molecule has 2 unspecified atom stereocenters. The highest BCUT2D eigenvalue weighted by Gasteiger charge is 2.49. The van der Waals surface area contributed by atoms with Crippen LogP contribution in [-0.4, -0.2) is 43.6 Å². The molecule has 0 radical (unpaired) electrons. The summed E-state index contributed by atoms with van der Waals surface area (Å²) in [5.74, 6) is 0.870. The lowest BCUT2D eigenvalue weighted by Gasteiger charge is -2.27. The fourth-order valence-electron chi connectivity index (χ4n) is 3.32. The lowest BCUT2D eigenvalue weighted by molar-refractivity contribution is -0.131. The van der Waals surface area contributed by atoms with Crippen LogP contribution in [0, 0.1) is 5.92 Å². The zero-order chi connectivity index (χ0) is 16.4. The minimum atomic E-state index is -1.01. The van der Waals surface area contributed by atoms with E-state index < -0.39 is 5.54 Å². The second-order valence-corrected chi connectivity index (χ2v) is 6.41. The van der Waals surface area contributed by atoms with Gasteiger partial charge in [0.1, 0.15) is 11.3 Å². The van der Waals surface area contributed by atoms with Crippen LogP contribution >= 0.6 is 0 Å². The summed E-state index contributed by atoms with van der Waals surface area (Å²) < 4.78 is 5.14. The number of benzene rings is 1. The van der Waals surface area contributed by atoms with E-state index in [1.54, 1.807) is 26.2 Å². The van der Waals surface area contributed by atoms with Gasteiger partial charge in [0.2, 0.25) is 0 Å². The van der Waals surface area contributed by atoms with Crippen molar-refractivity contribution in [3.05, 3.63) is 29.8 Å². The molecule has 3 amide bonds. The fraction of sp³-hybridized carbons (Fsp3) is 0.529. The van der Waals surface area contributed by atoms with Gasteiger partial charge in [-0.3, -0.25) is 9.69 Å². The summed E-state index contributed by atoms with van der Waals surface area (Å²) >= 11 is 0. The molecule has 2 N–H and O–H groups in total. The molecule has 2 aliphatic heterocycles. The van der Waals surface area contributed by atoms with Gasteiger partial charge in [-0.05, 0) is 56.5 Å². The molecule has 6 nitrogen and oxygen atoms in total. The van der Waals surface area contributed by atoms with Crippen molar-refractivity contribution in [3.8, 4) is 5.75 Å². The third-order valence-corrected chi connectivity index (χ3v) is 4.78. The van der Waals surface area contributed by atoms with Crippen molar-refractivity contribution in [1.82, 2.24) is 15.5 Å². The molecule has 0 aromatic heterocycles. The molecular weight excluding hydrogens is 294 g/mol. The Balaban J connectivity index is 1.78. The number of nitrogens with one attached hydrogen (secondary N) is 2. The third-order valence-electron chi connectivity index (χ3n) is 4.78. The third kappa shape index (κ3) is 2.91. The van der Waals surface area contributed by atoms with Gasteiger partial charge in [0.05, 0.1) is 7.11 Å². The maximum Gasteiger partial charge on any atom is 0.325 e. The van der Waals surface area contributed by atoms with Crippen molar-refractivity contribution < 1.29 is 14.3 Å². The quantitative estimate of drug-likeness (QED) is 0.825. The van der Waals surface area contributed by atoms with Gasteiger partial charge in [-0.1, -0.05) is 12.1 Å². The zero-order valence-corrected chi connectivity index (χ0v) is 13.6. The molecule has 2 heterocycles. The number of rotatable bonds is 4. The number of carbonyl (C=O) groups is 2. The summed E-state index contributed by atoms with van der Waals surface area (Å²) in [5.41, 5.74) is -0.244. The SMILES string of the molecule is COc1ccc(C2(C)NC(=O)N(CC3CCCNC3)C2=O)cc1. The summed E-state index contributed by atoms with van der Waals surface area (Å²) in [4.78, 5) is 26.5. The van der Waals surface area contributed by atoms with E-state index in [1.807, 2.05) is 12.1 Å². The standard InChI is InChI=1S/C17H23N3O3/c1-17(13-5-7-14(23-2)8-6-13)15(21)20(16(22)19-17)11-12-4-3-9-18-10-12/h5-8,12,18H,3-4,9-11H2,1-2H3,(H,19,22). The number of nitrogens with zero attached hydrogens (tertiary/aromatic N) is 1. The molecule has 3 rings (SSSR count). The van der Waals surface area contributed by atoms with Gasteiger partial charge in [-0.2, -0.15) is 0 Å². The van der Waals surface area contributed by atoms with Crippen molar-refractivity contribution in [2.75, 3.05) is 26.7 Å². The zero-order valence-electron chi connectivity index (χ0n) is 13.6. The van der Waals surface area contributed by atoms with Crippen LogP contribution in [0.25, 0.3) is 0 Å². The number of methoxy groups -OCH3 is 1. The van der Waals surface area contributed by atoms with Gasteiger partial charge in [-0.25, -0.2) is 4.79 Å². The van der Waals surface area contributed by atoms with E-state index in [9.17, 15) is 9.59 Å². The predicted molar refractivity (Wildman–Crippen MR) is 86.2 cm³/mol. The van der Waals surface area contributed by atoms with Crippen LogP contribution in [0.15, 0.2) is 24.3 Å². The first-order valence-corrected chi connectivity index (χ1v) is 8.04. The topological polar surface area (TPSA) is 70.7 Å². The monoisotopic (exact) mass is 317 g/mol. The number of carbonyl (C=O) groups excluding carboxylic acids is 2. The Hall–Kier alpha value is -2.08. The lowest BCUT2D eigenvalue weighted by atomic mass is 9.91. The molecule has 1 aromatic carbocycles. The van der Waals surface area contributed by atoms with Crippen LogP contribution < -0.4 is 15.4 Å². The minimum Gasteiger partial charge on any atom is -0.497 e. The first kappa shape index (κ1) is 15.8. The van der Waals surface area contributed by atoms with Gasteiger partial charge >= 0.3 is 6.03 Å². The number of urea groups is 1. The van der Waals surface area contributed by atoms with Gasteiger partial charge in [0.25, 0.3) is 5.91 Å². The van der Waals surface area contributed by atoms with Crippen molar-refractivity contribution in [3.63, 3.8) is 0 Å². The number of ether oxygens (including phenoxy) is 1. The maximum atomic E-state index is 12.9. The highest BCUT2D eigenvalue weighted by molar-refractivity contribution is 6.07. The van der Waals surface area contributed by atoms with Crippen molar-refractivity contribution >= 4 is 11.9 Å². The molecule has 0 bridgehead atoms. The van der Waals surface area contributed by atoms with Gasteiger partial charge < -0.3 is 15.4 Å². The molecule has 0 spiro atoms. The Kier molecular flexibility index (Phi) is 4.26. The van der Waals surface area contributed by atoms with Gasteiger partial charge in [0, 0.05) is 6.54 Å². The number of imide groups is 1. The van der Waals surface area contributed by atoms with Crippen LogP contribution in [-0.2, 0) is 10.3 Å². The summed E-state index contributed by atoms with van der Waals surface area (Å²) in [6.45, 7) is 4.11. The number of amides is 3. The fourth-order valence-corrected chi connectivity index (χ4v) is 3.32. The van der Waals surface area contributed by atoms with E-state index in [0.29, 0.717) is 12.5 Å². The first-order chi connectivity index (χ1) is 11.0. The van der Waals surface area contributed by atoms with Crippen molar-refractivity contribution in [1.29, 1.82) is 0 Å². The van der Waals surface area contributed by atoms with E-state index in [4.69, 9.17) is 4.74 Å². The second kappa shape index (κ2) is 6.20. The second-order valence-electron chi connectivity index (χ2n) is 6.41. The summed E-state index contributed by atoms with van der Waals surface area (Å²) in [7, 11) is 1.60. The molecule has 2 fully saturated rings. The Morgan fingerprint density at radius 3 is 2.65 bits per heavy atom. The molecular formula is C17H23N3O3. The summed E-state index contributed by atoms with van der Waals surface area (Å²) in [6, 6.07) is 6.94. The highest BCUT2D eigenvalue weighted by Crippen LogP contribution is 2.30. The summed E-state index contributed by atoms with van der Waals surface area (Å²) in [6.07, 6.45) is 2.13. The van der Waals surface area contributed by atoms with Crippen LogP contribution in [0.2, 0.25) is 0 Å². The Labute approximate surface area is 136 Å². The Morgan fingerprint density at radius 1 is 1.30 bits per heavy atom. The van der Waals surface area contributed by atoms with Crippen molar-refractivity contribution in [2.45, 2.75) is 25.3 Å². The first-order valence-electron chi connectivity index (χ1n) is 8.04. The Morgan fingerprint density at radius 2 is 2.04 bits per heavy atom. The van der Waals surface area contributed by atoms with Crippen LogP contribution in [0.4, 0.5) is 4.79 Å². The average Bonchev–Trinajstić information content (AvgIpc) is 2.80. The predicted octanol–water partition coefficient (Wildman–Crippen LogP) is 1.46. The number of hydrogen-bond donors (Lipinski definition) is 2. The molecule has 2 saturated heterocycles. The number of hydrogen-bond acceptors (Lipinski definition) is 4. The van der Waals surface area contributed by atoms with Crippen LogP contribution in [0.1, 0.15) is 25.3 Å². The average molecular weight is 317 g/mol. The van der Waals surface area contributed by atoms with E-state index in [0.717, 1.165) is 37.2 Å². The highest BCUT2D eigenvalue weighted by atomic mass is 16.5. The van der Waals surface area contributed by atoms with Crippen LogP contribution in [0.3, 0.4) is 0 Å². The number of piperidine rings is 1. The molecule has 1 aromatic rings. The van der Waals surface area contributed by atoms with Crippen molar-refractivity contribution in [2.24, 2.45) is 5.92 Å². The Bertz CT molecular complexity index is 596. The normalized spacial score (nSPS) is 27.9. The molecule has 2 aliphatic rings. The molecule has 2 atom stereocenters. The van der Waals surface area contributed by atoms with E-state index in [1.165, 1.54) is 4.90 Å². The molecule has 0 saturated carbocycles. The molecule has 23 heavy (non-hydrogen) atoms. The van der Waals surface area contributed by atoms with E-state index in [2.05, 4.69) is 10.6 Å². The van der Waals surface area contributed by atoms with Gasteiger partial charge in [-0.15, -0.1) is 0 Å². The lowest BCUT2D eigenvalue weighted by Crippen LogP contribution is -2.43. The summed E-state index contributed by atoms with van der Waals surface area (Å²) in [5, 5.41) is 6.17. The van der Waals surface area contributed by atoms with Crippen LogP contribution in [0.5, 0.6) is 5.75 Å². The largest absolute Gasteiger partial charge is 0.497 e. The molecule has 0 aliphatic carbocycles. The molecule has 6 heteroatoms. The minimum absolute atomic E-state index is 0.182.